The Hall–Kier alpha value is -2.81. The Morgan fingerprint density at radius 2 is 1.67 bits per heavy atom. The van der Waals surface area contributed by atoms with Crippen LogP contribution in [0.2, 0.25) is 0 Å². The summed E-state index contributed by atoms with van der Waals surface area (Å²) in [7, 11) is 0. The number of aryl methyl sites for hydroxylation is 2. The van der Waals surface area contributed by atoms with E-state index >= 15 is 0 Å². The maximum atomic E-state index is 12.3. The van der Waals surface area contributed by atoms with E-state index in [1.807, 2.05) is 50.2 Å². The predicted molar refractivity (Wildman–Crippen MR) is 100 cm³/mol. The first-order valence-corrected chi connectivity index (χ1v) is 8.17. The van der Waals surface area contributed by atoms with Gasteiger partial charge in [0.1, 0.15) is 0 Å². The lowest BCUT2D eigenvalue weighted by Crippen LogP contribution is -2.31. The molecule has 0 aliphatic carbocycles. The number of carbonyl (C=O) groups is 1. The van der Waals surface area contributed by atoms with Crippen molar-refractivity contribution in [3.8, 4) is 0 Å². The third kappa shape index (κ3) is 3.40. The average Bonchev–Trinajstić information content (AvgIpc) is 2.57. The van der Waals surface area contributed by atoms with Gasteiger partial charge in [-0.25, -0.2) is 4.79 Å². The van der Waals surface area contributed by atoms with Crippen LogP contribution in [-0.2, 0) is 0 Å². The number of rotatable bonds is 3. The average molecular weight is 318 g/mol. The molecule has 0 radical (unpaired) electrons. The maximum absolute atomic E-state index is 12.3. The van der Waals surface area contributed by atoms with Crippen molar-refractivity contribution in [2.24, 2.45) is 0 Å². The van der Waals surface area contributed by atoms with Crippen LogP contribution in [0, 0.1) is 13.8 Å². The van der Waals surface area contributed by atoms with Crippen LogP contribution >= 0.6 is 0 Å². The van der Waals surface area contributed by atoms with Crippen LogP contribution in [0.15, 0.2) is 60.7 Å². The highest BCUT2D eigenvalue weighted by atomic mass is 16.2. The number of hydrogen-bond donors (Lipinski definition) is 2. The summed E-state index contributed by atoms with van der Waals surface area (Å²) >= 11 is 0. The molecule has 0 heterocycles. The Bertz CT molecular complexity index is 881. The summed E-state index contributed by atoms with van der Waals surface area (Å²) in [6.07, 6.45) is 0. The molecule has 0 bridgehead atoms. The standard InChI is InChI=1S/C21H22N2O/c1-14-11-12-18(13-15(14)2)23-21(24)22-16(3)19-10-6-8-17-7-4-5-9-20(17)19/h4-13,16H,1-3H3,(H2,22,23,24). The molecule has 0 spiro atoms. The fourth-order valence-electron chi connectivity index (χ4n) is 2.89. The van der Waals surface area contributed by atoms with Gasteiger partial charge in [-0.15, -0.1) is 0 Å². The zero-order chi connectivity index (χ0) is 17.1. The number of amides is 2. The quantitative estimate of drug-likeness (QED) is 0.672. The van der Waals surface area contributed by atoms with Crippen molar-refractivity contribution in [3.05, 3.63) is 77.4 Å². The molecule has 2 N–H and O–H groups in total. The first-order valence-electron chi connectivity index (χ1n) is 8.17. The van der Waals surface area contributed by atoms with E-state index in [0.717, 1.165) is 16.8 Å². The molecule has 3 rings (SSSR count). The van der Waals surface area contributed by atoms with Gasteiger partial charge in [0.25, 0.3) is 0 Å². The molecule has 0 saturated carbocycles. The summed E-state index contributed by atoms with van der Waals surface area (Å²) in [5.41, 5.74) is 4.30. The van der Waals surface area contributed by atoms with E-state index in [0.29, 0.717) is 0 Å². The van der Waals surface area contributed by atoms with Gasteiger partial charge < -0.3 is 10.6 Å². The number of benzene rings is 3. The smallest absolute Gasteiger partial charge is 0.319 e. The summed E-state index contributed by atoms with van der Waals surface area (Å²) in [5.74, 6) is 0. The molecule has 3 aromatic carbocycles. The minimum atomic E-state index is -0.196. The minimum absolute atomic E-state index is 0.0809. The first-order chi connectivity index (χ1) is 11.5. The molecule has 3 heteroatoms. The largest absolute Gasteiger partial charge is 0.331 e. The van der Waals surface area contributed by atoms with Gasteiger partial charge in [0.15, 0.2) is 0 Å². The Morgan fingerprint density at radius 1 is 0.917 bits per heavy atom. The Kier molecular flexibility index (Phi) is 4.52. The van der Waals surface area contributed by atoms with E-state index in [1.165, 1.54) is 16.3 Å². The Morgan fingerprint density at radius 3 is 2.46 bits per heavy atom. The molecule has 0 aliphatic rings. The van der Waals surface area contributed by atoms with Crippen molar-refractivity contribution in [1.29, 1.82) is 0 Å². The Labute approximate surface area is 142 Å². The second-order valence-electron chi connectivity index (χ2n) is 6.19. The molecule has 122 valence electrons. The van der Waals surface area contributed by atoms with Crippen molar-refractivity contribution in [1.82, 2.24) is 5.32 Å². The highest BCUT2D eigenvalue weighted by molar-refractivity contribution is 5.91. The second-order valence-corrected chi connectivity index (χ2v) is 6.19. The molecule has 0 fully saturated rings. The van der Waals surface area contributed by atoms with Gasteiger partial charge in [-0.05, 0) is 60.4 Å². The topological polar surface area (TPSA) is 41.1 Å². The van der Waals surface area contributed by atoms with E-state index in [4.69, 9.17) is 0 Å². The van der Waals surface area contributed by atoms with Crippen LogP contribution in [-0.4, -0.2) is 6.03 Å². The normalized spacial score (nSPS) is 12.0. The number of urea groups is 1. The maximum Gasteiger partial charge on any atom is 0.319 e. The summed E-state index contributed by atoms with van der Waals surface area (Å²) in [6.45, 7) is 6.10. The van der Waals surface area contributed by atoms with E-state index in [2.05, 4.69) is 41.8 Å². The SMILES string of the molecule is Cc1ccc(NC(=O)NC(C)c2cccc3ccccc23)cc1C. The summed E-state index contributed by atoms with van der Waals surface area (Å²) in [6, 6.07) is 20.0. The van der Waals surface area contributed by atoms with Crippen molar-refractivity contribution in [2.45, 2.75) is 26.8 Å². The lowest BCUT2D eigenvalue weighted by molar-refractivity contribution is 0.249. The number of nitrogens with one attached hydrogen (secondary N) is 2. The summed E-state index contributed by atoms with van der Waals surface area (Å²) in [5, 5.41) is 8.27. The second kappa shape index (κ2) is 6.75. The van der Waals surface area contributed by atoms with Crippen LogP contribution in [0.25, 0.3) is 10.8 Å². The summed E-state index contributed by atoms with van der Waals surface area (Å²) in [4.78, 5) is 12.3. The zero-order valence-corrected chi connectivity index (χ0v) is 14.3. The monoisotopic (exact) mass is 318 g/mol. The van der Waals surface area contributed by atoms with Crippen molar-refractivity contribution >= 4 is 22.5 Å². The molecule has 0 aromatic heterocycles. The predicted octanol–water partition coefficient (Wildman–Crippen LogP) is 5.34. The van der Waals surface area contributed by atoms with E-state index in [-0.39, 0.29) is 12.1 Å². The number of carbonyl (C=O) groups excluding carboxylic acids is 1. The van der Waals surface area contributed by atoms with Gasteiger partial charge >= 0.3 is 6.03 Å². The molecular weight excluding hydrogens is 296 g/mol. The van der Waals surface area contributed by atoms with Gasteiger partial charge in [0.2, 0.25) is 0 Å². The van der Waals surface area contributed by atoms with Gasteiger partial charge in [-0.3, -0.25) is 0 Å². The fourth-order valence-corrected chi connectivity index (χ4v) is 2.89. The van der Waals surface area contributed by atoms with Crippen molar-refractivity contribution in [3.63, 3.8) is 0 Å². The highest BCUT2D eigenvalue weighted by Gasteiger charge is 2.12. The van der Waals surface area contributed by atoms with E-state index in [9.17, 15) is 4.79 Å². The van der Waals surface area contributed by atoms with Crippen molar-refractivity contribution < 1.29 is 4.79 Å². The fraction of sp³-hybridized carbons (Fsp3) is 0.190. The highest BCUT2D eigenvalue weighted by Crippen LogP contribution is 2.24. The van der Waals surface area contributed by atoms with Gasteiger partial charge in [-0.1, -0.05) is 48.5 Å². The lowest BCUT2D eigenvalue weighted by Gasteiger charge is -2.17. The Balaban J connectivity index is 1.74. The third-order valence-electron chi connectivity index (χ3n) is 4.40. The van der Waals surface area contributed by atoms with E-state index in [1.54, 1.807) is 0 Å². The van der Waals surface area contributed by atoms with Crippen LogP contribution in [0.4, 0.5) is 10.5 Å². The third-order valence-corrected chi connectivity index (χ3v) is 4.40. The first kappa shape index (κ1) is 16.1. The van der Waals surface area contributed by atoms with Gasteiger partial charge in [-0.2, -0.15) is 0 Å². The van der Waals surface area contributed by atoms with E-state index < -0.39 is 0 Å². The van der Waals surface area contributed by atoms with Gasteiger partial charge in [0.05, 0.1) is 6.04 Å². The van der Waals surface area contributed by atoms with Crippen LogP contribution in [0.5, 0.6) is 0 Å². The molecular formula is C21H22N2O. The molecule has 2 amide bonds. The van der Waals surface area contributed by atoms with Crippen LogP contribution in [0.3, 0.4) is 0 Å². The molecule has 3 aromatic rings. The summed E-state index contributed by atoms with van der Waals surface area (Å²) < 4.78 is 0. The van der Waals surface area contributed by atoms with Crippen molar-refractivity contribution in [2.75, 3.05) is 5.32 Å². The number of hydrogen-bond acceptors (Lipinski definition) is 1. The van der Waals surface area contributed by atoms with Crippen LogP contribution in [0.1, 0.15) is 29.7 Å². The minimum Gasteiger partial charge on any atom is -0.331 e. The number of fused-ring (bicyclic) bond motifs is 1. The molecule has 3 nitrogen and oxygen atoms in total. The van der Waals surface area contributed by atoms with Crippen LogP contribution < -0.4 is 10.6 Å². The number of anilines is 1. The molecule has 1 unspecified atom stereocenters. The molecule has 0 saturated heterocycles. The van der Waals surface area contributed by atoms with Gasteiger partial charge in [0, 0.05) is 5.69 Å². The molecule has 0 aliphatic heterocycles. The lowest BCUT2D eigenvalue weighted by atomic mass is 10.00. The molecule has 1 atom stereocenters. The zero-order valence-electron chi connectivity index (χ0n) is 14.3. The molecule has 24 heavy (non-hydrogen) atoms.